The van der Waals surface area contributed by atoms with Gasteiger partial charge < -0.3 is 4.74 Å². The van der Waals surface area contributed by atoms with Crippen LogP contribution in [0.15, 0.2) is 18.2 Å². The zero-order valence-electron chi connectivity index (χ0n) is 12.2. The van der Waals surface area contributed by atoms with Crippen molar-refractivity contribution in [1.29, 1.82) is 0 Å². The van der Waals surface area contributed by atoms with E-state index in [0.29, 0.717) is 24.2 Å². The SMILES string of the molecule is CCOC1CC(CC(=O)c2ccc(C(F)(F)F)cc2C)C1. The number of hydrogen-bond donors (Lipinski definition) is 0. The Labute approximate surface area is 122 Å². The van der Waals surface area contributed by atoms with E-state index < -0.39 is 11.7 Å². The molecule has 21 heavy (non-hydrogen) atoms. The molecule has 1 aliphatic rings. The van der Waals surface area contributed by atoms with Crippen LogP contribution in [-0.2, 0) is 10.9 Å². The number of halogens is 3. The lowest BCUT2D eigenvalue weighted by Crippen LogP contribution is -2.32. The molecule has 1 fully saturated rings. The molecule has 0 aromatic heterocycles. The molecule has 0 N–H and O–H groups in total. The Balaban J connectivity index is 1.98. The van der Waals surface area contributed by atoms with E-state index in [1.807, 2.05) is 6.92 Å². The summed E-state index contributed by atoms with van der Waals surface area (Å²) in [4.78, 5) is 12.2. The van der Waals surface area contributed by atoms with Gasteiger partial charge in [-0.25, -0.2) is 0 Å². The fourth-order valence-electron chi connectivity index (χ4n) is 2.74. The highest BCUT2D eigenvalue weighted by Crippen LogP contribution is 2.35. The number of benzene rings is 1. The summed E-state index contributed by atoms with van der Waals surface area (Å²) in [6.07, 6.45) is -2.03. The van der Waals surface area contributed by atoms with Crippen molar-refractivity contribution in [2.75, 3.05) is 6.61 Å². The molecule has 5 heteroatoms. The zero-order chi connectivity index (χ0) is 15.6. The Morgan fingerprint density at radius 3 is 2.52 bits per heavy atom. The van der Waals surface area contributed by atoms with E-state index in [-0.39, 0.29) is 17.8 Å². The molecule has 0 amide bonds. The first-order chi connectivity index (χ1) is 9.81. The summed E-state index contributed by atoms with van der Waals surface area (Å²) >= 11 is 0. The minimum absolute atomic E-state index is 0.0822. The quantitative estimate of drug-likeness (QED) is 0.753. The standard InChI is InChI=1S/C16H19F3O2/c1-3-21-13-7-11(8-13)9-15(20)14-5-4-12(6-10(14)2)16(17,18)19/h4-6,11,13H,3,7-9H2,1-2H3. The minimum atomic E-state index is -4.37. The molecule has 0 heterocycles. The summed E-state index contributed by atoms with van der Waals surface area (Å²) < 4.78 is 43.2. The first-order valence-electron chi connectivity index (χ1n) is 7.14. The van der Waals surface area contributed by atoms with Crippen LogP contribution >= 0.6 is 0 Å². The van der Waals surface area contributed by atoms with Crippen molar-refractivity contribution in [2.24, 2.45) is 5.92 Å². The van der Waals surface area contributed by atoms with Gasteiger partial charge in [0.25, 0.3) is 0 Å². The van der Waals surface area contributed by atoms with Crippen molar-refractivity contribution >= 4 is 5.78 Å². The number of aryl methyl sites for hydroxylation is 1. The molecule has 1 aliphatic carbocycles. The predicted molar refractivity (Wildman–Crippen MR) is 73.3 cm³/mol. The van der Waals surface area contributed by atoms with Gasteiger partial charge in [0.2, 0.25) is 0 Å². The Morgan fingerprint density at radius 2 is 2.00 bits per heavy atom. The largest absolute Gasteiger partial charge is 0.416 e. The first kappa shape index (κ1) is 16.0. The van der Waals surface area contributed by atoms with Gasteiger partial charge in [0.05, 0.1) is 11.7 Å². The molecular formula is C16H19F3O2. The lowest BCUT2D eigenvalue weighted by Gasteiger charge is -2.34. The van der Waals surface area contributed by atoms with Gasteiger partial charge in [0.1, 0.15) is 0 Å². The second-order valence-corrected chi connectivity index (χ2v) is 5.57. The molecule has 2 rings (SSSR count). The molecule has 0 unspecified atom stereocenters. The van der Waals surface area contributed by atoms with Crippen LogP contribution in [0.2, 0.25) is 0 Å². The molecule has 0 bridgehead atoms. The molecule has 0 saturated heterocycles. The van der Waals surface area contributed by atoms with Gasteiger partial charge in [-0.2, -0.15) is 13.2 Å². The van der Waals surface area contributed by atoms with E-state index >= 15 is 0 Å². The van der Waals surface area contributed by atoms with E-state index in [0.717, 1.165) is 25.0 Å². The third kappa shape index (κ3) is 3.84. The van der Waals surface area contributed by atoms with Crippen LogP contribution in [0, 0.1) is 12.8 Å². The molecule has 1 saturated carbocycles. The van der Waals surface area contributed by atoms with Crippen LogP contribution in [0.5, 0.6) is 0 Å². The van der Waals surface area contributed by atoms with Crippen LogP contribution < -0.4 is 0 Å². The van der Waals surface area contributed by atoms with Crippen molar-refractivity contribution in [3.05, 3.63) is 34.9 Å². The molecule has 0 spiro atoms. The molecule has 0 radical (unpaired) electrons. The van der Waals surface area contributed by atoms with E-state index in [1.165, 1.54) is 6.07 Å². The van der Waals surface area contributed by atoms with Crippen LogP contribution in [0.4, 0.5) is 13.2 Å². The summed E-state index contributed by atoms with van der Waals surface area (Å²) in [6, 6.07) is 3.31. The van der Waals surface area contributed by atoms with E-state index in [1.54, 1.807) is 6.92 Å². The summed E-state index contributed by atoms with van der Waals surface area (Å²) in [5, 5.41) is 0. The number of Topliss-reactive ketones (excluding diaryl/α,β-unsaturated/α-hetero) is 1. The van der Waals surface area contributed by atoms with Crippen LogP contribution in [0.25, 0.3) is 0 Å². The molecule has 2 nitrogen and oxygen atoms in total. The first-order valence-corrected chi connectivity index (χ1v) is 7.14. The fourth-order valence-corrected chi connectivity index (χ4v) is 2.74. The highest BCUT2D eigenvalue weighted by Gasteiger charge is 2.33. The van der Waals surface area contributed by atoms with Gasteiger partial charge in [-0.3, -0.25) is 4.79 Å². The number of ketones is 1. The lowest BCUT2D eigenvalue weighted by molar-refractivity contribution is -0.137. The maximum atomic E-state index is 12.6. The zero-order valence-corrected chi connectivity index (χ0v) is 12.2. The smallest absolute Gasteiger partial charge is 0.378 e. The van der Waals surface area contributed by atoms with Gasteiger partial charge in [-0.1, -0.05) is 6.07 Å². The second-order valence-electron chi connectivity index (χ2n) is 5.57. The maximum Gasteiger partial charge on any atom is 0.416 e. The normalized spacial score (nSPS) is 22.0. The highest BCUT2D eigenvalue weighted by molar-refractivity contribution is 5.97. The third-order valence-corrected chi connectivity index (χ3v) is 3.92. The topological polar surface area (TPSA) is 26.3 Å². The van der Waals surface area contributed by atoms with Crippen molar-refractivity contribution in [3.63, 3.8) is 0 Å². The van der Waals surface area contributed by atoms with Crippen molar-refractivity contribution in [2.45, 2.75) is 45.4 Å². The molecule has 1 aromatic rings. The van der Waals surface area contributed by atoms with Gasteiger partial charge >= 0.3 is 6.18 Å². The van der Waals surface area contributed by atoms with Crippen LogP contribution in [-0.4, -0.2) is 18.5 Å². The number of alkyl halides is 3. The predicted octanol–water partition coefficient (Wildman–Crippen LogP) is 4.40. The second kappa shape index (κ2) is 6.18. The molecular weight excluding hydrogens is 281 g/mol. The van der Waals surface area contributed by atoms with Gasteiger partial charge in [-0.05, 0) is 50.3 Å². The number of carbonyl (C=O) groups excluding carboxylic acids is 1. The lowest BCUT2D eigenvalue weighted by atomic mass is 9.78. The highest BCUT2D eigenvalue weighted by atomic mass is 19.4. The van der Waals surface area contributed by atoms with Gasteiger partial charge in [0, 0.05) is 18.6 Å². The van der Waals surface area contributed by atoms with E-state index in [2.05, 4.69) is 0 Å². The van der Waals surface area contributed by atoms with Crippen molar-refractivity contribution in [1.82, 2.24) is 0 Å². The number of rotatable bonds is 5. The minimum Gasteiger partial charge on any atom is -0.378 e. The number of hydrogen-bond acceptors (Lipinski definition) is 2. The Kier molecular flexibility index (Phi) is 4.71. The van der Waals surface area contributed by atoms with Gasteiger partial charge in [0.15, 0.2) is 5.78 Å². The van der Waals surface area contributed by atoms with Crippen molar-refractivity contribution in [3.8, 4) is 0 Å². The van der Waals surface area contributed by atoms with E-state index in [4.69, 9.17) is 4.74 Å². The number of ether oxygens (including phenoxy) is 1. The Morgan fingerprint density at radius 1 is 1.33 bits per heavy atom. The molecule has 116 valence electrons. The Bertz CT molecular complexity index is 517. The van der Waals surface area contributed by atoms with Crippen molar-refractivity contribution < 1.29 is 22.7 Å². The van der Waals surface area contributed by atoms with Gasteiger partial charge in [-0.15, -0.1) is 0 Å². The van der Waals surface area contributed by atoms with E-state index in [9.17, 15) is 18.0 Å². The average Bonchev–Trinajstić information content (AvgIpc) is 2.34. The van der Waals surface area contributed by atoms with Crippen LogP contribution in [0.3, 0.4) is 0 Å². The molecule has 1 aromatic carbocycles. The maximum absolute atomic E-state index is 12.6. The molecule has 0 atom stereocenters. The summed E-state index contributed by atoms with van der Waals surface area (Å²) in [5.74, 6) is 0.205. The average molecular weight is 300 g/mol. The summed E-state index contributed by atoms with van der Waals surface area (Å²) in [5.41, 5.74) is 0.0648. The fraction of sp³-hybridized carbons (Fsp3) is 0.562. The summed E-state index contributed by atoms with van der Waals surface area (Å²) in [6.45, 7) is 4.15. The summed E-state index contributed by atoms with van der Waals surface area (Å²) in [7, 11) is 0. The molecule has 0 aliphatic heterocycles. The Hall–Kier alpha value is -1.36. The monoisotopic (exact) mass is 300 g/mol. The number of carbonyl (C=O) groups is 1. The third-order valence-electron chi connectivity index (χ3n) is 3.92. The van der Waals surface area contributed by atoms with Crippen LogP contribution in [0.1, 0.15) is 47.7 Å².